The Bertz CT molecular complexity index is 337. The summed E-state index contributed by atoms with van der Waals surface area (Å²) in [6, 6.07) is -0.251. The SMILES string of the molecule is CCOC(=O)CS(=O)(=O)NC(CN)C1CC1. The minimum Gasteiger partial charge on any atom is -0.465 e. The molecule has 1 aliphatic carbocycles. The lowest BCUT2D eigenvalue weighted by Gasteiger charge is -2.15. The van der Waals surface area contributed by atoms with E-state index in [0.29, 0.717) is 5.92 Å². The summed E-state index contributed by atoms with van der Waals surface area (Å²) >= 11 is 0. The highest BCUT2D eigenvalue weighted by atomic mass is 32.2. The van der Waals surface area contributed by atoms with Crippen LogP contribution in [0.15, 0.2) is 0 Å². The van der Waals surface area contributed by atoms with Crippen molar-refractivity contribution in [3.05, 3.63) is 0 Å². The average molecular weight is 250 g/mol. The Labute approximate surface area is 95.6 Å². The summed E-state index contributed by atoms with van der Waals surface area (Å²) in [7, 11) is -3.62. The second kappa shape index (κ2) is 5.60. The van der Waals surface area contributed by atoms with Gasteiger partial charge in [0, 0.05) is 12.6 Å². The normalized spacial score (nSPS) is 18.1. The van der Waals surface area contributed by atoms with E-state index in [1.807, 2.05) is 0 Å². The maximum absolute atomic E-state index is 11.5. The minimum atomic E-state index is -3.62. The van der Waals surface area contributed by atoms with Gasteiger partial charge in [-0.1, -0.05) is 0 Å². The molecule has 0 heterocycles. The van der Waals surface area contributed by atoms with Crippen LogP contribution in [0.25, 0.3) is 0 Å². The standard InChI is InChI=1S/C9H18N2O4S/c1-2-15-9(12)6-16(13,14)11-8(5-10)7-3-4-7/h7-8,11H,2-6,10H2,1H3. The van der Waals surface area contributed by atoms with Gasteiger partial charge in [-0.2, -0.15) is 0 Å². The van der Waals surface area contributed by atoms with Crippen LogP contribution in [0.1, 0.15) is 19.8 Å². The first-order valence-electron chi connectivity index (χ1n) is 5.34. The summed E-state index contributed by atoms with van der Waals surface area (Å²) < 4.78 is 30.1. The molecule has 1 aliphatic rings. The second-order valence-corrected chi connectivity index (χ2v) is 5.62. The molecule has 16 heavy (non-hydrogen) atoms. The molecule has 1 saturated carbocycles. The van der Waals surface area contributed by atoms with Crippen LogP contribution in [-0.4, -0.2) is 39.3 Å². The van der Waals surface area contributed by atoms with Gasteiger partial charge >= 0.3 is 5.97 Å². The molecule has 1 atom stereocenters. The van der Waals surface area contributed by atoms with Crippen molar-refractivity contribution in [3.8, 4) is 0 Å². The Morgan fingerprint density at radius 3 is 2.62 bits per heavy atom. The van der Waals surface area contributed by atoms with Crippen LogP contribution < -0.4 is 10.5 Å². The fraction of sp³-hybridized carbons (Fsp3) is 0.889. The molecule has 0 aliphatic heterocycles. The van der Waals surface area contributed by atoms with E-state index < -0.39 is 21.7 Å². The second-order valence-electron chi connectivity index (χ2n) is 3.86. The smallest absolute Gasteiger partial charge is 0.322 e. The number of rotatable bonds is 7. The molecule has 0 aromatic heterocycles. The largest absolute Gasteiger partial charge is 0.465 e. The van der Waals surface area contributed by atoms with Crippen LogP contribution in [0, 0.1) is 5.92 Å². The number of hydrogen-bond donors (Lipinski definition) is 2. The molecule has 1 fully saturated rings. The Morgan fingerprint density at radius 2 is 2.19 bits per heavy atom. The highest BCUT2D eigenvalue weighted by Gasteiger charge is 2.33. The van der Waals surface area contributed by atoms with E-state index in [0.717, 1.165) is 12.8 Å². The number of nitrogens with one attached hydrogen (secondary N) is 1. The third-order valence-corrected chi connectivity index (χ3v) is 3.67. The zero-order valence-electron chi connectivity index (χ0n) is 9.31. The van der Waals surface area contributed by atoms with Crippen LogP contribution >= 0.6 is 0 Å². The van der Waals surface area contributed by atoms with Gasteiger partial charge in [0.25, 0.3) is 0 Å². The van der Waals surface area contributed by atoms with E-state index in [1.54, 1.807) is 6.92 Å². The Hall–Kier alpha value is -0.660. The fourth-order valence-corrected chi connectivity index (χ4v) is 2.69. The summed E-state index contributed by atoms with van der Waals surface area (Å²) in [6.07, 6.45) is 1.98. The average Bonchev–Trinajstić information content (AvgIpc) is 2.96. The third-order valence-electron chi connectivity index (χ3n) is 2.39. The Morgan fingerprint density at radius 1 is 1.56 bits per heavy atom. The van der Waals surface area contributed by atoms with Crippen molar-refractivity contribution in [3.63, 3.8) is 0 Å². The van der Waals surface area contributed by atoms with Gasteiger partial charge in [0.1, 0.15) is 0 Å². The molecule has 0 saturated heterocycles. The lowest BCUT2D eigenvalue weighted by molar-refractivity contribution is -0.139. The van der Waals surface area contributed by atoms with Crippen LogP contribution in [0.5, 0.6) is 0 Å². The number of nitrogens with two attached hydrogens (primary N) is 1. The quantitative estimate of drug-likeness (QED) is 0.577. The molecule has 0 aromatic carbocycles. The van der Waals surface area contributed by atoms with Crippen molar-refractivity contribution in [2.45, 2.75) is 25.8 Å². The lowest BCUT2D eigenvalue weighted by atomic mass is 10.2. The maximum Gasteiger partial charge on any atom is 0.322 e. The maximum atomic E-state index is 11.5. The van der Waals surface area contributed by atoms with Gasteiger partial charge in [-0.3, -0.25) is 4.79 Å². The van der Waals surface area contributed by atoms with E-state index in [9.17, 15) is 13.2 Å². The molecule has 0 bridgehead atoms. The first-order valence-corrected chi connectivity index (χ1v) is 6.99. The van der Waals surface area contributed by atoms with E-state index in [2.05, 4.69) is 9.46 Å². The van der Waals surface area contributed by atoms with E-state index in [4.69, 9.17) is 5.73 Å². The third kappa shape index (κ3) is 4.46. The predicted molar refractivity (Wildman–Crippen MR) is 59.1 cm³/mol. The fourth-order valence-electron chi connectivity index (χ4n) is 1.47. The molecule has 0 amide bonds. The number of ether oxygens (including phenoxy) is 1. The summed E-state index contributed by atoms with van der Waals surface area (Å²) in [6.45, 7) is 2.06. The van der Waals surface area contributed by atoms with Crippen molar-refractivity contribution in [1.29, 1.82) is 0 Å². The summed E-state index contributed by atoms with van der Waals surface area (Å²) in [4.78, 5) is 11.0. The summed E-state index contributed by atoms with van der Waals surface area (Å²) in [5.41, 5.74) is 5.47. The first kappa shape index (κ1) is 13.4. The van der Waals surface area contributed by atoms with Gasteiger partial charge in [-0.25, -0.2) is 13.1 Å². The van der Waals surface area contributed by atoms with E-state index in [1.165, 1.54) is 0 Å². The number of esters is 1. The van der Waals surface area contributed by atoms with Gasteiger partial charge in [0.05, 0.1) is 6.61 Å². The van der Waals surface area contributed by atoms with Crippen molar-refractivity contribution in [1.82, 2.24) is 4.72 Å². The molecule has 7 heteroatoms. The van der Waals surface area contributed by atoms with Crippen molar-refractivity contribution < 1.29 is 17.9 Å². The van der Waals surface area contributed by atoms with Crippen LogP contribution in [0.4, 0.5) is 0 Å². The lowest BCUT2D eigenvalue weighted by Crippen LogP contribution is -2.44. The number of sulfonamides is 1. The Kier molecular flexibility index (Phi) is 4.69. The predicted octanol–water partition coefficient (Wildman–Crippen LogP) is -0.794. The van der Waals surface area contributed by atoms with Gasteiger partial charge in [-0.05, 0) is 25.7 Å². The molecule has 1 unspecified atom stereocenters. The van der Waals surface area contributed by atoms with E-state index >= 15 is 0 Å². The number of carbonyl (C=O) groups is 1. The van der Waals surface area contributed by atoms with Gasteiger partial charge in [0.15, 0.2) is 5.75 Å². The molecular weight excluding hydrogens is 232 g/mol. The summed E-state index contributed by atoms with van der Waals surface area (Å²) in [5, 5.41) is 0. The van der Waals surface area contributed by atoms with Crippen LogP contribution in [-0.2, 0) is 19.6 Å². The monoisotopic (exact) mass is 250 g/mol. The zero-order valence-corrected chi connectivity index (χ0v) is 10.1. The topological polar surface area (TPSA) is 98.5 Å². The first-order chi connectivity index (χ1) is 7.48. The van der Waals surface area contributed by atoms with Crippen LogP contribution in [0.2, 0.25) is 0 Å². The molecule has 0 radical (unpaired) electrons. The van der Waals surface area contributed by atoms with E-state index in [-0.39, 0.29) is 19.2 Å². The van der Waals surface area contributed by atoms with Crippen molar-refractivity contribution in [2.75, 3.05) is 18.9 Å². The highest BCUT2D eigenvalue weighted by molar-refractivity contribution is 7.90. The molecule has 1 rings (SSSR count). The molecule has 0 spiro atoms. The minimum absolute atomic E-state index is 0.178. The molecule has 6 nitrogen and oxygen atoms in total. The molecular formula is C9H18N2O4S. The van der Waals surface area contributed by atoms with Crippen LogP contribution in [0.3, 0.4) is 0 Å². The number of carbonyl (C=O) groups excluding carboxylic acids is 1. The van der Waals surface area contributed by atoms with Crippen molar-refractivity contribution in [2.24, 2.45) is 11.7 Å². The molecule has 0 aromatic rings. The highest BCUT2D eigenvalue weighted by Crippen LogP contribution is 2.32. The zero-order chi connectivity index (χ0) is 12.2. The van der Waals surface area contributed by atoms with Gasteiger partial charge in [0.2, 0.25) is 10.0 Å². The molecule has 3 N–H and O–H groups in total. The van der Waals surface area contributed by atoms with Crippen molar-refractivity contribution >= 4 is 16.0 Å². The molecule has 94 valence electrons. The van der Waals surface area contributed by atoms with Gasteiger partial charge in [-0.15, -0.1) is 0 Å². The Balaban J connectivity index is 2.46. The number of hydrogen-bond acceptors (Lipinski definition) is 5. The summed E-state index contributed by atoms with van der Waals surface area (Å²) in [5.74, 6) is -1.05. The van der Waals surface area contributed by atoms with Gasteiger partial charge < -0.3 is 10.5 Å².